The fourth-order valence-corrected chi connectivity index (χ4v) is 1.75. The Hall–Kier alpha value is -2.09. The first-order valence-electron chi connectivity index (χ1n) is 8.63. The van der Waals surface area contributed by atoms with E-state index < -0.39 is 0 Å². The first-order chi connectivity index (χ1) is 11.6. The normalized spacial score (nSPS) is 9.96. The number of allylic oxidation sites excluding steroid dienone is 1. The van der Waals surface area contributed by atoms with E-state index in [0.29, 0.717) is 12.5 Å². The quantitative estimate of drug-likeness (QED) is 0.311. The largest absolute Gasteiger partial charge is 0.462 e. The minimum absolute atomic E-state index is 0.310. The number of carbonyl (C=O) groups excluding carboxylic acids is 1. The van der Waals surface area contributed by atoms with E-state index in [1.165, 1.54) is 24.5 Å². The molecule has 24 heavy (non-hydrogen) atoms. The molecule has 0 N–H and O–H groups in total. The first kappa shape index (κ1) is 24.2. The molecule has 2 nitrogen and oxygen atoms in total. The molecule has 1 atom stereocenters. The van der Waals surface area contributed by atoms with Crippen LogP contribution in [-0.2, 0) is 9.53 Å². The van der Waals surface area contributed by atoms with Gasteiger partial charge in [-0.15, -0.1) is 6.58 Å². The van der Waals surface area contributed by atoms with Crippen molar-refractivity contribution < 1.29 is 9.53 Å². The van der Waals surface area contributed by atoms with Gasteiger partial charge in [-0.25, -0.2) is 4.79 Å². The summed E-state index contributed by atoms with van der Waals surface area (Å²) in [6.07, 6.45) is 9.43. The molecule has 1 unspecified atom stereocenters. The Kier molecular flexibility index (Phi) is 19.1. The molecular weight excluding hydrogens is 296 g/mol. The highest BCUT2D eigenvalue weighted by molar-refractivity contribution is 5.81. The fourth-order valence-electron chi connectivity index (χ4n) is 1.75. The van der Waals surface area contributed by atoms with Gasteiger partial charge in [0.15, 0.2) is 0 Å². The van der Waals surface area contributed by atoms with E-state index in [2.05, 4.69) is 33.6 Å². The summed E-state index contributed by atoms with van der Waals surface area (Å²) < 4.78 is 4.98. The van der Waals surface area contributed by atoms with Crippen LogP contribution in [0.1, 0.15) is 52.0 Å². The smallest absolute Gasteiger partial charge is 0.330 e. The molecule has 1 aromatic carbocycles. The van der Waals surface area contributed by atoms with Crippen LogP contribution in [-0.4, -0.2) is 12.6 Å². The molecule has 0 amide bonds. The average molecular weight is 331 g/mol. The highest BCUT2D eigenvalue weighted by Crippen LogP contribution is 2.12. The molecule has 0 bridgehead atoms. The van der Waals surface area contributed by atoms with Crippen LogP contribution < -0.4 is 0 Å². The Bertz CT molecular complexity index is 435. The lowest BCUT2D eigenvalue weighted by Crippen LogP contribution is -2.12. The van der Waals surface area contributed by atoms with Gasteiger partial charge in [0.2, 0.25) is 0 Å². The second-order valence-electron chi connectivity index (χ2n) is 5.27. The summed E-state index contributed by atoms with van der Waals surface area (Å²) in [4.78, 5) is 10.8. The van der Waals surface area contributed by atoms with E-state index in [1.807, 2.05) is 43.3 Å². The van der Waals surface area contributed by atoms with Crippen LogP contribution in [0.15, 0.2) is 62.2 Å². The van der Waals surface area contributed by atoms with Crippen LogP contribution in [0.5, 0.6) is 0 Å². The molecule has 2 heteroatoms. The van der Waals surface area contributed by atoms with E-state index >= 15 is 0 Å². The number of benzene rings is 1. The third kappa shape index (κ3) is 16.3. The Morgan fingerprint density at radius 2 is 1.75 bits per heavy atom. The fraction of sp³-hybridized carbons (Fsp3) is 0.409. The number of hydrogen-bond acceptors (Lipinski definition) is 2. The second-order valence-corrected chi connectivity index (χ2v) is 5.27. The van der Waals surface area contributed by atoms with Crippen LogP contribution >= 0.6 is 0 Å². The van der Waals surface area contributed by atoms with Crippen molar-refractivity contribution in [3.63, 3.8) is 0 Å². The molecule has 0 fully saturated rings. The minimum Gasteiger partial charge on any atom is -0.462 e. The molecule has 0 aliphatic heterocycles. The lowest BCUT2D eigenvalue weighted by atomic mass is 10.0. The molecule has 0 saturated carbocycles. The van der Waals surface area contributed by atoms with E-state index in [1.54, 1.807) is 6.08 Å². The van der Waals surface area contributed by atoms with Crippen molar-refractivity contribution in [1.29, 1.82) is 0 Å². The number of hydrogen-bond donors (Lipinski definition) is 0. The zero-order chi connectivity index (χ0) is 18.6. The van der Waals surface area contributed by atoms with Crippen LogP contribution in [0, 0.1) is 5.92 Å². The predicted molar refractivity (Wildman–Crippen MR) is 107 cm³/mol. The van der Waals surface area contributed by atoms with Crippen molar-refractivity contribution in [2.24, 2.45) is 5.92 Å². The molecule has 1 aromatic rings. The SMILES string of the molecule is C=CC.C=CC(=O)OCC(CC)CCCC.C=Cc1ccccc1. The molecule has 0 saturated heterocycles. The molecule has 0 heterocycles. The van der Waals surface area contributed by atoms with Crippen molar-refractivity contribution in [3.8, 4) is 0 Å². The van der Waals surface area contributed by atoms with Gasteiger partial charge in [0.25, 0.3) is 0 Å². The number of rotatable bonds is 8. The van der Waals surface area contributed by atoms with Crippen molar-refractivity contribution in [3.05, 3.63) is 67.8 Å². The van der Waals surface area contributed by atoms with Crippen molar-refractivity contribution in [2.45, 2.75) is 46.5 Å². The van der Waals surface area contributed by atoms with Gasteiger partial charge in [-0.05, 0) is 24.8 Å². The van der Waals surface area contributed by atoms with Gasteiger partial charge in [-0.3, -0.25) is 0 Å². The Labute approximate surface area is 148 Å². The van der Waals surface area contributed by atoms with Crippen LogP contribution in [0.2, 0.25) is 0 Å². The summed E-state index contributed by atoms with van der Waals surface area (Å²) in [6, 6.07) is 10.0. The monoisotopic (exact) mass is 330 g/mol. The molecule has 1 rings (SSSR count). The molecule has 0 aromatic heterocycles. The Balaban J connectivity index is 0. The van der Waals surface area contributed by atoms with Gasteiger partial charge in [-0.1, -0.05) is 88.8 Å². The minimum atomic E-state index is -0.310. The van der Waals surface area contributed by atoms with Crippen LogP contribution in [0.4, 0.5) is 0 Å². The van der Waals surface area contributed by atoms with Gasteiger partial charge in [0.05, 0.1) is 6.61 Å². The molecule has 0 spiro atoms. The van der Waals surface area contributed by atoms with Crippen molar-refractivity contribution in [1.82, 2.24) is 0 Å². The molecule has 134 valence electrons. The molecular formula is C22H34O2. The summed E-state index contributed by atoms with van der Waals surface area (Å²) in [5, 5.41) is 0. The summed E-state index contributed by atoms with van der Waals surface area (Å²) >= 11 is 0. The van der Waals surface area contributed by atoms with Gasteiger partial charge < -0.3 is 4.74 Å². The maximum absolute atomic E-state index is 10.8. The van der Waals surface area contributed by atoms with Gasteiger partial charge in [0, 0.05) is 6.08 Å². The lowest BCUT2D eigenvalue weighted by molar-refractivity contribution is -0.139. The average Bonchev–Trinajstić information content (AvgIpc) is 2.63. The van der Waals surface area contributed by atoms with Crippen LogP contribution in [0.3, 0.4) is 0 Å². The van der Waals surface area contributed by atoms with E-state index in [4.69, 9.17) is 4.74 Å². The van der Waals surface area contributed by atoms with Gasteiger partial charge >= 0.3 is 5.97 Å². The van der Waals surface area contributed by atoms with E-state index in [0.717, 1.165) is 12.8 Å². The number of carbonyl (C=O) groups is 1. The standard InChI is InChI=1S/C11H20O2.C8H8.C3H6/c1-4-7-8-10(5-2)9-13-11(12)6-3;1-2-8-6-4-3-5-7-8;1-3-2/h6,10H,3-5,7-9H2,1-2H3;2-7H,1H2;3H,1H2,2H3. The molecule has 0 aliphatic carbocycles. The predicted octanol–water partition coefficient (Wildman–Crippen LogP) is 6.45. The third-order valence-corrected chi connectivity index (χ3v) is 3.21. The van der Waals surface area contributed by atoms with Gasteiger partial charge in [0.1, 0.15) is 0 Å². The molecule has 0 aliphatic rings. The number of ether oxygens (including phenoxy) is 1. The maximum atomic E-state index is 10.8. The lowest BCUT2D eigenvalue weighted by Gasteiger charge is -2.13. The summed E-state index contributed by atoms with van der Waals surface area (Å²) in [6.45, 7) is 17.1. The topological polar surface area (TPSA) is 26.3 Å². The Morgan fingerprint density at radius 3 is 2.12 bits per heavy atom. The highest BCUT2D eigenvalue weighted by Gasteiger charge is 2.07. The van der Waals surface area contributed by atoms with Crippen LogP contribution in [0.25, 0.3) is 6.08 Å². The highest BCUT2D eigenvalue weighted by atomic mass is 16.5. The number of esters is 1. The van der Waals surface area contributed by atoms with Crippen molar-refractivity contribution >= 4 is 12.0 Å². The van der Waals surface area contributed by atoms with E-state index in [9.17, 15) is 4.79 Å². The zero-order valence-electron chi connectivity index (χ0n) is 15.7. The summed E-state index contributed by atoms with van der Waals surface area (Å²) in [5.41, 5.74) is 1.17. The molecule has 0 radical (unpaired) electrons. The number of unbranched alkanes of at least 4 members (excludes halogenated alkanes) is 1. The summed E-state index contributed by atoms with van der Waals surface area (Å²) in [7, 11) is 0. The van der Waals surface area contributed by atoms with Crippen molar-refractivity contribution in [2.75, 3.05) is 6.61 Å². The maximum Gasteiger partial charge on any atom is 0.330 e. The third-order valence-electron chi connectivity index (χ3n) is 3.21. The van der Waals surface area contributed by atoms with E-state index in [-0.39, 0.29) is 5.97 Å². The zero-order valence-corrected chi connectivity index (χ0v) is 15.7. The first-order valence-corrected chi connectivity index (χ1v) is 8.63. The second kappa shape index (κ2) is 19.0. The Morgan fingerprint density at radius 1 is 1.17 bits per heavy atom. The summed E-state index contributed by atoms with van der Waals surface area (Å²) in [5.74, 6) is 0.207. The van der Waals surface area contributed by atoms with Gasteiger partial charge in [-0.2, -0.15) is 0 Å².